The molecule has 2 rings (SSSR count). The summed E-state index contributed by atoms with van der Waals surface area (Å²) in [6, 6.07) is 7.63. The average Bonchev–Trinajstić information content (AvgIpc) is 2.39. The number of rotatable bonds is 4. The summed E-state index contributed by atoms with van der Waals surface area (Å²) in [5.41, 5.74) is 0.352. The van der Waals surface area contributed by atoms with Gasteiger partial charge >= 0.3 is 5.97 Å². The number of hydrogen-bond acceptors (Lipinski definition) is 3. The Labute approximate surface area is 107 Å². The fourth-order valence-corrected chi connectivity index (χ4v) is 2.04. The molecule has 0 atom stereocenters. The molecule has 1 aliphatic heterocycles. The van der Waals surface area contributed by atoms with Crippen molar-refractivity contribution in [3.05, 3.63) is 29.8 Å². The third-order valence-electron chi connectivity index (χ3n) is 3.44. The lowest BCUT2D eigenvalue weighted by molar-refractivity contribution is -0.157. The van der Waals surface area contributed by atoms with Crippen LogP contribution in [-0.2, 0) is 9.53 Å². The van der Waals surface area contributed by atoms with Gasteiger partial charge in [0.2, 0.25) is 0 Å². The van der Waals surface area contributed by atoms with Gasteiger partial charge in [-0.25, -0.2) is 0 Å². The van der Waals surface area contributed by atoms with Crippen molar-refractivity contribution in [3.63, 3.8) is 0 Å². The average molecular weight is 250 g/mol. The Balaban J connectivity index is 2.01. The maximum atomic E-state index is 11.4. The van der Waals surface area contributed by atoms with Crippen LogP contribution in [-0.4, -0.2) is 30.9 Å². The first-order valence-corrected chi connectivity index (χ1v) is 6.13. The zero-order valence-electron chi connectivity index (χ0n) is 10.5. The van der Waals surface area contributed by atoms with Crippen molar-refractivity contribution < 1.29 is 19.4 Å². The molecule has 0 bridgehead atoms. The molecule has 0 saturated carbocycles. The van der Waals surface area contributed by atoms with Crippen molar-refractivity contribution in [2.75, 3.05) is 19.8 Å². The van der Waals surface area contributed by atoms with Crippen LogP contribution in [0.1, 0.15) is 18.4 Å². The van der Waals surface area contributed by atoms with E-state index in [1.54, 1.807) is 0 Å². The van der Waals surface area contributed by atoms with Crippen molar-refractivity contribution >= 4 is 5.97 Å². The summed E-state index contributed by atoms with van der Waals surface area (Å²) in [4.78, 5) is 11.4. The van der Waals surface area contributed by atoms with E-state index in [1.807, 2.05) is 31.2 Å². The molecule has 0 aromatic heterocycles. The van der Waals surface area contributed by atoms with Gasteiger partial charge in [-0.1, -0.05) is 17.7 Å². The minimum atomic E-state index is -0.802. The molecule has 4 heteroatoms. The molecule has 0 spiro atoms. The minimum absolute atomic E-state index is 0.203. The summed E-state index contributed by atoms with van der Waals surface area (Å²) in [7, 11) is 0. The largest absolute Gasteiger partial charge is 0.492 e. The predicted molar refractivity (Wildman–Crippen MR) is 66.8 cm³/mol. The van der Waals surface area contributed by atoms with Crippen LogP contribution in [0.2, 0.25) is 0 Å². The number of carboxylic acid groups (broad SMARTS) is 1. The number of aryl methyl sites for hydroxylation is 1. The third-order valence-corrected chi connectivity index (χ3v) is 3.44. The Morgan fingerprint density at radius 3 is 2.50 bits per heavy atom. The van der Waals surface area contributed by atoms with Gasteiger partial charge in [-0.15, -0.1) is 0 Å². The Morgan fingerprint density at radius 1 is 1.33 bits per heavy atom. The van der Waals surface area contributed by atoms with Crippen LogP contribution >= 0.6 is 0 Å². The normalized spacial score (nSPS) is 18.3. The molecule has 0 unspecified atom stereocenters. The fraction of sp³-hybridized carbons (Fsp3) is 0.500. The van der Waals surface area contributed by atoms with Gasteiger partial charge in [0.1, 0.15) is 17.8 Å². The molecule has 1 aromatic rings. The van der Waals surface area contributed by atoms with E-state index in [9.17, 15) is 9.90 Å². The minimum Gasteiger partial charge on any atom is -0.492 e. The van der Waals surface area contributed by atoms with Gasteiger partial charge in [0.25, 0.3) is 0 Å². The van der Waals surface area contributed by atoms with Gasteiger partial charge < -0.3 is 14.6 Å². The highest BCUT2D eigenvalue weighted by Gasteiger charge is 2.41. The highest BCUT2D eigenvalue weighted by molar-refractivity contribution is 5.75. The van der Waals surface area contributed by atoms with Crippen molar-refractivity contribution in [3.8, 4) is 5.75 Å². The summed E-state index contributed by atoms with van der Waals surface area (Å²) in [6.07, 6.45) is 1.02. The van der Waals surface area contributed by atoms with Gasteiger partial charge in [0.05, 0.1) is 0 Å². The van der Waals surface area contributed by atoms with Gasteiger partial charge in [-0.05, 0) is 31.9 Å². The Kier molecular flexibility index (Phi) is 3.87. The van der Waals surface area contributed by atoms with Crippen molar-refractivity contribution in [2.24, 2.45) is 5.41 Å². The molecule has 1 heterocycles. The molecule has 1 saturated heterocycles. The van der Waals surface area contributed by atoms with E-state index in [-0.39, 0.29) is 6.61 Å². The quantitative estimate of drug-likeness (QED) is 0.890. The SMILES string of the molecule is Cc1ccc(OCC2(C(=O)O)CCOCC2)cc1. The van der Waals surface area contributed by atoms with Gasteiger partial charge in [-0.2, -0.15) is 0 Å². The monoisotopic (exact) mass is 250 g/mol. The maximum absolute atomic E-state index is 11.4. The van der Waals surface area contributed by atoms with E-state index in [0.29, 0.717) is 31.8 Å². The summed E-state index contributed by atoms with van der Waals surface area (Å²) < 4.78 is 10.9. The van der Waals surface area contributed by atoms with Crippen LogP contribution in [0.3, 0.4) is 0 Å². The van der Waals surface area contributed by atoms with Crippen molar-refractivity contribution in [1.29, 1.82) is 0 Å². The van der Waals surface area contributed by atoms with E-state index in [2.05, 4.69) is 0 Å². The maximum Gasteiger partial charge on any atom is 0.313 e. The van der Waals surface area contributed by atoms with Crippen LogP contribution < -0.4 is 4.74 Å². The number of aliphatic carboxylic acids is 1. The Hall–Kier alpha value is -1.55. The van der Waals surface area contributed by atoms with E-state index < -0.39 is 11.4 Å². The highest BCUT2D eigenvalue weighted by Crippen LogP contribution is 2.31. The van der Waals surface area contributed by atoms with E-state index in [0.717, 1.165) is 5.56 Å². The Morgan fingerprint density at radius 2 is 1.94 bits per heavy atom. The number of carboxylic acids is 1. The van der Waals surface area contributed by atoms with Gasteiger partial charge in [0.15, 0.2) is 0 Å². The van der Waals surface area contributed by atoms with Crippen molar-refractivity contribution in [1.82, 2.24) is 0 Å². The lowest BCUT2D eigenvalue weighted by atomic mass is 9.81. The summed E-state index contributed by atoms with van der Waals surface area (Å²) in [5, 5.41) is 9.38. The first-order valence-electron chi connectivity index (χ1n) is 6.13. The molecule has 0 radical (unpaired) electrons. The lowest BCUT2D eigenvalue weighted by Crippen LogP contribution is -2.42. The first kappa shape index (κ1) is 12.9. The van der Waals surface area contributed by atoms with Gasteiger partial charge in [0, 0.05) is 13.2 Å². The van der Waals surface area contributed by atoms with Crippen LogP contribution in [0, 0.1) is 12.3 Å². The summed E-state index contributed by atoms with van der Waals surface area (Å²) in [5.74, 6) is -0.0781. The molecular formula is C14H18O4. The summed E-state index contributed by atoms with van der Waals surface area (Å²) >= 11 is 0. The molecule has 1 N–H and O–H groups in total. The van der Waals surface area contributed by atoms with Crippen LogP contribution in [0.25, 0.3) is 0 Å². The molecule has 4 nitrogen and oxygen atoms in total. The smallest absolute Gasteiger partial charge is 0.313 e. The topological polar surface area (TPSA) is 55.8 Å². The van der Waals surface area contributed by atoms with Crippen LogP contribution in [0.5, 0.6) is 5.75 Å². The number of carbonyl (C=O) groups is 1. The fourth-order valence-electron chi connectivity index (χ4n) is 2.04. The first-order chi connectivity index (χ1) is 8.62. The molecule has 1 aliphatic rings. The molecule has 98 valence electrons. The molecule has 1 aromatic carbocycles. The molecular weight excluding hydrogens is 232 g/mol. The lowest BCUT2D eigenvalue weighted by Gasteiger charge is -2.32. The molecule has 1 fully saturated rings. The van der Waals surface area contributed by atoms with E-state index in [1.165, 1.54) is 0 Å². The molecule has 18 heavy (non-hydrogen) atoms. The van der Waals surface area contributed by atoms with Crippen molar-refractivity contribution in [2.45, 2.75) is 19.8 Å². The molecule has 0 amide bonds. The van der Waals surface area contributed by atoms with E-state index in [4.69, 9.17) is 9.47 Å². The van der Waals surface area contributed by atoms with Crippen LogP contribution in [0.15, 0.2) is 24.3 Å². The zero-order valence-corrected chi connectivity index (χ0v) is 10.5. The predicted octanol–water partition coefficient (Wildman–Crippen LogP) is 2.26. The highest BCUT2D eigenvalue weighted by atomic mass is 16.5. The molecule has 0 aliphatic carbocycles. The van der Waals surface area contributed by atoms with E-state index >= 15 is 0 Å². The second-order valence-electron chi connectivity index (χ2n) is 4.80. The zero-order chi connectivity index (χ0) is 13.0. The van der Waals surface area contributed by atoms with Crippen LogP contribution in [0.4, 0.5) is 0 Å². The summed E-state index contributed by atoms with van der Waals surface area (Å²) in [6.45, 7) is 3.18. The Bertz CT molecular complexity index is 404. The second kappa shape index (κ2) is 5.40. The second-order valence-corrected chi connectivity index (χ2v) is 4.80. The standard InChI is InChI=1S/C14H18O4/c1-11-2-4-12(5-3-11)18-10-14(13(15)16)6-8-17-9-7-14/h2-5H,6-10H2,1H3,(H,15,16). The third kappa shape index (κ3) is 2.82. The number of ether oxygens (including phenoxy) is 2. The van der Waals surface area contributed by atoms with Gasteiger partial charge in [-0.3, -0.25) is 4.79 Å². The number of benzene rings is 1. The number of hydrogen-bond donors (Lipinski definition) is 1.